The van der Waals surface area contributed by atoms with E-state index in [0.29, 0.717) is 5.69 Å². The van der Waals surface area contributed by atoms with Gasteiger partial charge < -0.3 is 0 Å². The summed E-state index contributed by atoms with van der Waals surface area (Å²) in [5.41, 5.74) is 4.27. The zero-order valence-corrected chi connectivity index (χ0v) is 10.5. The lowest BCUT2D eigenvalue weighted by molar-refractivity contribution is -0.121. The second-order valence-electron chi connectivity index (χ2n) is 4.15. The summed E-state index contributed by atoms with van der Waals surface area (Å²) in [5.74, 6) is 4.52. The number of hydrogen-bond donors (Lipinski definition) is 2. The highest BCUT2D eigenvalue weighted by molar-refractivity contribution is 5.74. The molecule has 0 saturated carbocycles. The Morgan fingerprint density at radius 3 is 2.58 bits per heavy atom. The first-order valence-electron chi connectivity index (χ1n) is 5.75. The number of hydrogen-bond acceptors (Lipinski definition) is 4. The number of amides is 1. The van der Waals surface area contributed by atoms with Crippen LogP contribution in [0.15, 0.2) is 41.2 Å². The van der Waals surface area contributed by atoms with Gasteiger partial charge in [0.2, 0.25) is 0 Å². The van der Waals surface area contributed by atoms with E-state index in [9.17, 15) is 9.59 Å². The van der Waals surface area contributed by atoms with Crippen LogP contribution in [0.3, 0.4) is 0 Å². The summed E-state index contributed by atoms with van der Waals surface area (Å²) in [6.45, 7) is 1.79. The van der Waals surface area contributed by atoms with Crippen LogP contribution in [-0.2, 0) is 11.3 Å². The van der Waals surface area contributed by atoms with Crippen LogP contribution in [0.4, 0.5) is 0 Å². The van der Waals surface area contributed by atoms with Crippen LogP contribution < -0.4 is 16.8 Å². The van der Waals surface area contributed by atoms with E-state index >= 15 is 0 Å². The second-order valence-corrected chi connectivity index (χ2v) is 4.15. The predicted molar refractivity (Wildman–Crippen MR) is 71.0 cm³/mol. The van der Waals surface area contributed by atoms with Gasteiger partial charge in [-0.1, -0.05) is 29.8 Å². The molecule has 0 spiro atoms. The van der Waals surface area contributed by atoms with Crippen molar-refractivity contribution in [2.24, 2.45) is 5.84 Å². The number of nitrogens with one attached hydrogen (secondary N) is 1. The van der Waals surface area contributed by atoms with Gasteiger partial charge in [-0.25, -0.2) is 10.5 Å². The third-order valence-corrected chi connectivity index (χ3v) is 2.67. The second kappa shape index (κ2) is 5.45. The molecule has 2 aromatic rings. The van der Waals surface area contributed by atoms with E-state index < -0.39 is 5.91 Å². The number of nitrogens with two attached hydrogens (primary N) is 1. The molecule has 0 saturated heterocycles. The molecule has 98 valence electrons. The molecule has 0 aliphatic heterocycles. The van der Waals surface area contributed by atoms with E-state index in [2.05, 4.69) is 5.10 Å². The molecule has 1 amide bonds. The quantitative estimate of drug-likeness (QED) is 0.468. The smallest absolute Gasteiger partial charge is 0.267 e. The molecule has 3 N–H and O–H groups in total. The van der Waals surface area contributed by atoms with Crippen LogP contribution in [0.1, 0.15) is 5.56 Å². The molecule has 1 heterocycles. The van der Waals surface area contributed by atoms with Crippen molar-refractivity contribution < 1.29 is 4.79 Å². The fourth-order valence-corrected chi connectivity index (χ4v) is 1.62. The van der Waals surface area contributed by atoms with Gasteiger partial charge in [0.25, 0.3) is 11.5 Å². The van der Waals surface area contributed by atoms with Gasteiger partial charge in [0.1, 0.15) is 6.54 Å². The maximum Gasteiger partial charge on any atom is 0.267 e. The molecule has 0 aliphatic carbocycles. The standard InChI is InChI=1S/C13H14N4O2/c1-9-2-4-10(5-3-9)11-6-7-13(19)17(16-11)8-12(18)15-14/h2-7H,8,14H2,1H3,(H,15,18). The molecule has 6 nitrogen and oxygen atoms in total. The Bertz CT molecular complexity index is 646. The van der Waals surface area contributed by atoms with Crippen molar-refractivity contribution in [2.75, 3.05) is 0 Å². The van der Waals surface area contributed by atoms with Crippen LogP contribution >= 0.6 is 0 Å². The highest BCUT2D eigenvalue weighted by atomic mass is 16.2. The molecule has 0 fully saturated rings. The van der Waals surface area contributed by atoms with E-state index in [1.54, 1.807) is 6.07 Å². The zero-order valence-electron chi connectivity index (χ0n) is 10.5. The number of carbonyl (C=O) groups is 1. The van der Waals surface area contributed by atoms with Crippen LogP contribution in [0, 0.1) is 6.92 Å². The minimum absolute atomic E-state index is 0.199. The lowest BCUT2D eigenvalue weighted by Crippen LogP contribution is -2.37. The molecule has 0 bridgehead atoms. The van der Waals surface area contributed by atoms with Crippen LogP contribution in [0.5, 0.6) is 0 Å². The van der Waals surface area contributed by atoms with Gasteiger partial charge >= 0.3 is 0 Å². The third-order valence-electron chi connectivity index (χ3n) is 2.67. The Balaban J connectivity index is 2.38. The fraction of sp³-hybridized carbons (Fsp3) is 0.154. The summed E-state index contributed by atoms with van der Waals surface area (Å²) < 4.78 is 1.08. The Morgan fingerprint density at radius 2 is 1.95 bits per heavy atom. The Hall–Kier alpha value is -2.47. The van der Waals surface area contributed by atoms with Gasteiger partial charge in [-0.05, 0) is 13.0 Å². The van der Waals surface area contributed by atoms with E-state index in [4.69, 9.17) is 5.84 Å². The Kier molecular flexibility index (Phi) is 3.72. The first-order chi connectivity index (χ1) is 9.10. The molecule has 1 aromatic carbocycles. The minimum atomic E-state index is -0.476. The summed E-state index contributed by atoms with van der Waals surface area (Å²) in [5, 5.41) is 4.15. The van der Waals surface area contributed by atoms with E-state index in [0.717, 1.165) is 15.8 Å². The highest BCUT2D eigenvalue weighted by Gasteiger charge is 2.06. The van der Waals surface area contributed by atoms with Crippen LogP contribution in [0.25, 0.3) is 11.3 Å². The summed E-state index contributed by atoms with van der Waals surface area (Å²) in [6.07, 6.45) is 0. The molecule has 0 unspecified atom stereocenters. The first kappa shape index (κ1) is 13.0. The number of benzene rings is 1. The van der Waals surface area contributed by atoms with Crippen molar-refractivity contribution in [1.29, 1.82) is 0 Å². The average Bonchev–Trinajstić information content (AvgIpc) is 2.42. The summed E-state index contributed by atoms with van der Waals surface area (Å²) in [6, 6.07) is 10.7. The number of nitrogens with zero attached hydrogens (tertiary/aromatic N) is 2. The van der Waals surface area contributed by atoms with Crippen LogP contribution in [0.2, 0.25) is 0 Å². The van der Waals surface area contributed by atoms with Crippen molar-refractivity contribution in [3.63, 3.8) is 0 Å². The molecule has 1 aromatic heterocycles. The average molecular weight is 258 g/mol. The summed E-state index contributed by atoms with van der Waals surface area (Å²) in [4.78, 5) is 22.8. The molecule has 2 rings (SSSR count). The monoisotopic (exact) mass is 258 g/mol. The molecular formula is C13H14N4O2. The van der Waals surface area contributed by atoms with Crippen molar-refractivity contribution >= 4 is 5.91 Å². The van der Waals surface area contributed by atoms with Crippen molar-refractivity contribution in [3.05, 3.63) is 52.3 Å². The van der Waals surface area contributed by atoms with Crippen molar-refractivity contribution in [3.8, 4) is 11.3 Å². The van der Waals surface area contributed by atoms with E-state index in [1.807, 2.05) is 36.6 Å². The third kappa shape index (κ3) is 3.05. The maximum atomic E-state index is 11.6. The Morgan fingerprint density at radius 1 is 1.26 bits per heavy atom. The van der Waals surface area contributed by atoms with Gasteiger partial charge in [0, 0.05) is 11.6 Å². The molecular weight excluding hydrogens is 244 g/mol. The number of carbonyl (C=O) groups excluding carboxylic acids is 1. The molecule has 0 radical (unpaired) electrons. The van der Waals surface area contributed by atoms with Crippen LogP contribution in [-0.4, -0.2) is 15.7 Å². The fourth-order valence-electron chi connectivity index (χ4n) is 1.62. The number of aryl methyl sites for hydroxylation is 1. The van der Waals surface area contributed by atoms with E-state index in [1.165, 1.54) is 6.07 Å². The lowest BCUT2D eigenvalue weighted by atomic mass is 10.1. The Labute approximate surface area is 109 Å². The van der Waals surface area contributed by atoms with Crippen molar-refractivity contribution in [2.45, 2.75) is 13.5 Å². The molecule has 6 heteroatoms. The molecule has 19 heavy (non-hydrogen) atoms. The highest BCUT2D eigenvalue weighted by Crippen LogP contribution is 2.15. The number of aromatic nitrogens is 2. The largest absolute Gasteiger partial charge is 0.293 e. The maximum absolute atomic E-state index is 11.6. The van der Waals surface area contributed by atoms with Gasteiger partial charge in [0.15, 0.2) is 0 Å². The lowest BCUT2D eigenvalue weighted by Gasteiger charge is -2.06. The normalized spacial score (nSPS) is 10.2. The zero-order chi connectivity index (χ0) is 13.8. The number of hydrazine groups is 1. The SMILES string of the molecule is Cc1ccc(-c2ccc(=O)n(CC(=O)NN)n2)cc1. The summed E-state index contributed by atoms with van der Waals surface area (Å²) >= 11 is 0. The molecule has 0 aliphatic rings. The summed E-state index contributed by atoms with van der Waals surface area (Å²) in [7, 11) is 0. The van der Waals surface area contributed by atoms with Gasteiger partial charge in [-0.15, -0.1) is 0 Å². The van der Waals surface area contributed by atoms with Gasteiger partial charge in [-0.3, -0.25) is 15.0 Å². The minimum Gasteiger partial charge on any atom is -0.293 e. The van der Waals surface area contributed by atoms with E-state index in [-0.39, 0.29) is 12.1 Å². The topological polar surface area (TPSA) is 90.0 Å². The first-order valence-corrected chi connectivity index (χ1v) is 5.75. The predicted octanol–water partition coefficient (Wildman–Crippen LogP) is 0.209. The van der Waals surface area contributed by atoms with Crippen molar-refractivity contribution in [1.82, 2.24) is 15.2 Å². The van der Waals surface area contributed by atoms with Gasteiger partial charge in [0.05, 0.1) is 5.69 Å². The number of rotatable bonds is 3. The van der Waals surface area contributed by atoms with Gasteiger partial charge in [-0.2, -0.15) is 5.10 Å². The molecule has 0 atom stereocenters.